The van der Waals surface area contributed by atoms with Crippen LogP contribution in [0, 0.1) is 6.92 Å². The number of piperidine rings is 1. The first kappa shape index (κ1) is 21.9. The second-order valence-electron chi connectivity index (χ2n) is 8.30. The van der Waals surface area contributed by atoms with Gasteiger partial charge in [0.15, 0.2) is 0 Å². The van der Waals surface area contributed by atoms with Gasteiger partial charge in [0.2, 0.25) is 11.8 Å². The molecular formula is C24H19F3N4O3. The topological polar surface area (TPSA) is 84.3 Å². The number of fused-ring (bicyclic) bond motifs is 1. The molecule has 1 N–H and O–H groups in total. The molecule has 0 bridgehead atoms. The Morgan fingerprint density at radius 1 is 1.03 bits per heavy atom. The maximum Gasteiger partial charge on any atom is 0.490 e. The number of aromatic nitrogens is 2. The van der Waals surface area contributed by atoms with Crippen molar-refractivity contribution in [3.8, 4) is 22.5 Å². The summed E-state index contributed by atoms with van der Waals surface area (Å²) in [6.07, 6.45) is -4.31. The van der Waals surface area contributed by atoms with E-state index in [-0.39, 0.29) is 53.0 Å². The second-order valence-corrected chi connectivity index (χ2v) is 8.30. The summed E-state index contributed by atoms with van der Waals surface area (Å²) in [4.78, 5) is 42.3. The number of nitrogens with zero attached hydrogens (tertiary/aromatic N) is 3. The first-order valence-corrected chi connectivity index (χ1v) is 10.6. The Kier molecular flexibility index (Phi) is 5.03. The summed E-state index contributed by atoms with van der Waals surface area (Å²) in [5, 5.41) is 2.25. The Labute approximate surface area is 192 Å². The molecule has 0 saturated carbocycles. The molecule has 0 aliphatic carbocycles. The number of carbonyl (C=O) groups excluding carboxylic acids is 3. The van der Waals surface area contributed by atoms with E-state index in [0.29, 0.717) is 22.3 Å². The zero-order valence-electron chi connectivity index (χ0n) is 18.0. The number of alkyl halides is 3. The van der Waals surface area contributed by atoms with Crippen molar-refractivity contribution >= 4 is 17.7 Å². The van der Waals surface area contributed by atoms with Gasteiger partial charge in [0, 0.05) is 29.7 Å². The first-order chi connectivity index (χ1) is 16.1. The number of aryl methyl sites for hydroxylation is 1. The van der Waals surface area contributed by atoms with E-state index in [9.17, 15) is 27.6 Å². The number of imidazole rings is 1. The monoisotopic (exact) mass is 468 g/mol. The zero-order valence-corrected chi connectivity index (χ0v) is 18.0. The largest absolute Gasteiger partial charge is 0.490 e. The summed E-state index contributed by atoms with van der Waals surface area (Å²) in [5.74, 6) is -1.46. The van der Waals surface area contributed by atoms with Crippen LogP contribution in [-0.4, -0.2) is 38.2 Å². The van der Waals surface area contributed by atoms with Gasteiger partial charge >= 0.3 is 6.30 Å². The van der Waals surface area contributed by atoms with Crippen LogP contribution in [0.2, 0.25) is 0 Å². The SMILES string of the molecule is Cc1nc(-c2ccc3c(c2)CN(C2CCC(=O)NC2=O)C3=O)c(-c2ccccc2)n1C(F)(F)F. The van der Waals surface area contributed by atoms with Gasteiger partial charge in [-0.15, -0.1) is 13.2 Å². The van der Waals surface area contributed by atoms with Crippen molar-refractivity contribution in [2.24, 2.45) is 0 Å². The van der Waals surface area contributed by atoms with E-state index in [0.717, 1.165) is 0 Å². The number of halogens is 3. The van der Waals surface area contributed by atoms with Gasteiger partial charge in [-0.1, -0.05) is 36.4 Å². The lowest BCUT2D eigenvalue weighted by atomic mass is 10.0. The molecule has 5 rings (SSSR count). The van der Waals surface area contributed by atoms with E-state index in [4.69, 9.17) is 0 Å². The van der Waals surface area contributed by atoms with Crippen molar-refractivity contribution < 1.29 is 27.6 Å². The molecule has 34 heavy (non-hydrogen) atoms. The van der Waals surface area contributed by atoms with Crippen LogP contribution in [0.1, 0.15) is 34.6 Å². The Balaban J connectivity index is 1.57. The lowest BCUT2D eigenvalue weighted by molar-refractivity contribution is -0.203. The van der Waals surface area contributed by atoms with E-state index >= 15 is 0 Å². The molecule has 1 saturated heterocycles. The minimum absolute atomic E-state index is 0.0862. The average molecular weight is 468 g/mol. The van der Waals surface area contributed by atoms with Crippen molar-refractivity contribution in [1.82, 2.24) is 19.8 Å². The molecule has 2 aliphatic rings. The fourth-order valence-corrected chi connectivity index (χ4v) is 4.63. The quantitative estimate of drug-likeness (QED) is 0.594. The lowest BCUT2D eigenvalue weighted by Gasteiger charge is -2.29. The number of nitrogens with one attached hydrogen (secondary N) is 1. The van der Waals surface area contributed by atoms with Crippen LogP contribution >= 0.6 is 0 Å². The molecule has 3 aromatic rings. The highest BCUT2D eigenvalue weighted by Gasteiger charge is 2.40. The summed E-state index contributed by atoms with van der Waals surface area (Å²) in [5.41, 5.74) is 1.82. The molecule has 1 unspecified atom stereocenters. The Morgan fingerprint density at radius 2 is 1.76 bits per heavy atom. The normalized spacial score (nSPS) is 18.3. The van der Waals surface area contributed by atoms with E-state index in [1.54, 1.807) is 48.5 Å². The van der Waals surface area contributed by atoms with Crippen LogP contribution in [0.4, 0.5) is 13.2 Å². The van der Waals surface area contributed by atoms with Crippen LogP contribution < -0.4 is 5.32 Å². The van der Waals surface area contributed by atoms with Crippen molar-refractivity contribution in [2.45, 2.75) is 38.7 Å². The molecule has 1 aromatic heterocycles. The molecule has 3 amide bonds. The van der Waals surface area contributed by atoms with E-state index < -0.39 is 18.2 Å². The fraction of sp³-hybridized carbons (Fsp3) is 0.250. The van der Waals surface area contributed by atoms with Gasteiger partial charge in [-0.2, -0.15) is 0 Å². The lowest BCUT2D eigenvalue weighted by Crippen LogP contribution is -2.52. The van der Waals surface area contributed by atoms with Gasteiger partial charge in [-0.3, -0.25) is 19.7 Å². The van der Waals surface area contributed by atoms with Crippen molar-refractivity contribution in [2.75, 3.05) is 0 Å². The van der Waals surface area contributed by atoms with Crippen LogP contribution in [0.25, 0.3) is 22.5 Å². The molecule has 0 radical (unpaired) electrons. The number of hydrogen-bond donors (Lipinski definition) is 1. The summed E-state index contributed by atoms with van der Waals surface area (Å²) < 4.78 is 42.0. The molecule has 174 valence electrons. The standard InChI is InChI=1S/C24H19F3N4O3/c1-13-28-20(21(31(13)24(25,26)27)14-5-3-2-4-6-14)15-7-8-17-16(11-15)12-30(23(17)34)18-9-10-19(32)29-22(18)33/h2-8,11,18H,9-10,12H2,1H3,(H,29,32,33). The summed E-state index contributed by atoms with van der Waals surface area (Å²) in [6.45, 7) is 1.42. The minimum Gasteiger partial charge on any atom is -0.322 e. The van der Waals surface area contributed by atoms with Crippen LogP contribution in [-0.2, 0) is 22.4 Å². The van der Waals surface area contributed by atoms with Crippen LogP contribution in [0.5, 0.6) is 0 Å². The molecular weight excluding hydrogens is 449 g/mol. The van der Waals surface area contributed by atoms with Crippen LogP contribution in [0.3, 0.4) is 0 Å². The number of rotatable bonds is 3. The van der Waals surface area contributed by atoms with Gasteiger partial charge in [0.1, 0.15) is 11.9 Å². The fourth-order valence-electron chi connectivity index (χ4n) is 4.63. The summed E-state index contributed by atoms with van der Waals surface area (Å²) in [7, 11) is 0. The smallest absolute Gasteiger partial charge is 0.322 e. The van der Waals surface area contributed by atoms with Crippen molar-refractivity contribution in [3.63, 3.8) is 0 Å². The molecule has 2 aliphatic heterocycles. The minimum atomic E-state index is -4.67. The highest BCUT2D eigenvalue weighted by Crippen LogP contribution is 2.40. The van der Waals surface area contributed by atoms with Gasteiger partial charge in [-0.25, -0.2) is 9.55 Å². The second kappa shape index (κ2) is 7.82. The molecule has 1 atom stereocenters. The molecule has 7 nitrogen and oxygen atoms in total. The van der Waals surface area contributed by atoms with Gasteiger partial charge < -0.3 is 4.90 Å². The van der Waals surface area contributed by atoms with Gasteiger partial charge in [-0.05, 0) is 31.0 Å². The third kappa shape index (κ3) is 3.55. The average Bonchev–Trinajstić information content (AvgIpc) is 3.31. The van der Waals surface area contributed by atoms with Gasteiger partial charge in [0.05, 0.1) is 11.4 Å². The molecule has 10 heteroatoms. The zero-order chi connectivity index (χ0) is 24.2. The highest BCUT2D eigenvalue weighted by atomic mass is 19.4. The number of amides is 3. The predicted octanol–water partition coefficient (Wildman–Crippen LogP) is 3.76. The third-order valence-corrected chi connectivity index (χ3v) is 6.14. The van der Waals surface area contributed by atoms with Crippen molar-refractivity contribution in [3.05, 3.63) is 65.5 Å². The van der Waals surface area contributed by atoms with E-state index in [1.807, 2.05) is 0 Å². The molecule has 2 aromatic carbocycles. The van der Waals surface area contributed by atoms with Crippen molar-refractivity contribution in [1.29, 1.82) is 0 Å². The first-order valence-electron chi connectivity index (χ1n) is 10.6. The maximum absolute atomic E-state index is 13.9. The number of benzene rings is 2. The third-order valence-electron chi connectivity index (χ3n) is 6.14. The molecule has 0 spiro atoms. The number of imide groups is 1. The number of hydrogen-bond acceptors (Lipinski definition) is 4. The Morgan fingerprint density at radius 3 is 2.44 bits per heavy atom. The van der Waals surface area contributed by atoms with Crippen LogP contribution in [0.15, 0.2) is 48.5 Å². The Hall–Kier alpha value is -3.95. The molecule has 3 heterocycles. The summed E-state index contributed by atoms with van der Waals surface area (Å²) in [6, 6.07) is 12.2. The van der Waals surface area contributed by atoms with E-state index in [2.05, 4.69) is 10.3 Å². The predicted molar refractivity (Wildman–Crippen MR) is 115 cm³/mol. The maximum atomic E-state index is 13.9. The Bertz CT molecular complexity index is 1330. The number of carbonyl (C=O) groups is 3. The van der Waals surface area contributed by atoms with E-state index in [1.165, 1.54) is 11.8 Å². The molecule has 1 fully saturated rings. The highest BCUT2D eigenvalue weighted by molar-refractivity contribution is 6.05. The summed E-state index contributed by atoms with van der Waals surface area (Å²) >= 11 is 0. The van der Waals surface area contributed by atoms with Gasteiger partial charge in [0.25, 0.3) is 5.91 Å².